The molecule has 2 N–H and O–H groups in total. The van der Waals surface area contributed by atoms with Crippen LogP contribution in [0.1, 0.15) is 37.8 Å². The van der Waals surface area contributed by atoms with Crippen LogP contribution >= 0.6 is 23.2 Å². The van der Waals surface area contributed by atoms with Crippen LogP contribution in [-0.4, -0.2) is 4.98 Å². The van der Waals surface area contributed by atoms with E-state index in [2.05, 4.69) is 11.9 Å². The molecule has 0 saturated heterocycles. The third-order valence-corrected chi connectivity index (χ3v) is 2.73. The molecule has 1 atom stereocenters. The highest BCUT2D eigenvalue weighted by Crippen LogP contribution is 2.30. The molecule has 0 aliphatic rings. The van der Waals surface area contributed by atoms with Crippen LogP contribution in [0.5, 0.6) is 0 Å². The molecular formula is C10H14Cl2N2. The van der Waals surface area contributed by atoms with Gasteiger partial charge in [-0.05, 0) is 6.42 Å². The highest BCUT2D eigenvalue weighted by Gasteiger charge is 2.13. The predicted octanol–water partition coefficient (Wildman–Crippen LogP) is 3.58. The van der Waals surface area contributed by atoms with Crippen molar-refractivity contribution in [2.45, 2.75) is 32.2 Å². The van der Waals surface area contributed by atoms with Gasteiger partial charge >= 0.3 is 0 Å². The van der Waals surface area contributed by atoms with E-state index in [1.165, 1.54) is 0 Å². The lowest BCUT2D eigenvalue weighted by Crippen LogP contribution is -2.11. The van der Waals surface area contributed by atoms with Crippen molar-refractivity contribution >= 4 is 23.2 Å². The summed E-state index contributed by atoms with van der Waals surface area (Å²) in [7, 11) is 0. The molecule has 0 amide bonds. The molecule has 0 fully saturated rings. The normalized spacial score (nSPS) is 12.9. The standard InChI is InChI=1S/C10H14Cl2N2/c1-2-3-4-9(13)10-7(11)5-14-6-8(10)12/h5-6,9H,2-4,13H2,1H3/t9-/m0/s1. The second kappa shape index (κ2) is 5.54. The number of hydrogen-bond donors (Lipinski definition) is 1. The van der Waals surface area contributed by atoms with Gasteiger partial charge in [-0.15, -0.1) is 0 Å². The van der Waals surface area contributed by atoms with Gasteiger partial charge in [0, 0.05) is 24.0 Å². The van der Waals surface area contributed by atoms with E-state index in [-0.39, 0.29) is 6.04 Å². The van der Waals surface area contributed by atoms with Crippen LogP contribution < -0.4 is 5.73 Å². The molecule has 0 unspecified atom stereocenters. The SMILES string of the molecule is CCCC[C@H](N)c1c(Cl)cncc1Cl. The van der Waals surface area contributed by atoms with Crippen LogP contribution in [0.25, 0.3) is 0 Å². The lowest BCUT2D eigenvalue weighted by Gasteiger charge is -2.14. The molecule has 1 aromatic heterocycles. The largest absolute Gasteiger partial charge is 0.324 e. The zero-order valence-electron chi connectivity index (χ0n) is 8.13. The topological polar surface area (TPSA) is 38.9 Å². The average molecular weight is 233 g/mol. The summed E-state index contributed by atoms with van der Waals surface area (Å²) in [5.74, 6) is 0. The van der Waals surface area contributed by atoms with Crippen molar-refractivity contribution in [3.63, 3.8) is 0 Å². The second-order valence-corrected chi connectivity index (χ2v) is 4.08. The van der Waals surface area contributed by atoms with E-state index in [0.717, 1.165) is 24.8 Å². The van der Waals surface area contributed by atoms with E-state index in [0.29, 0.717) is 10.0 Å². The highest BCUT2D eigenvalue weighted by molar-refractivity contribution is 6.35. The molecular weight excluding hydrogens is 219 g/mol. The van der Waals surface area contributed by atoms with Crippen molar-refractivity contribution in [2.75, 3.05) is 0 Å². The molecule has 0 spiro atoms. The molecule has 14 heavy (non-hydrogen) atoms. The number of rotatable bonds is 4. The highest BCUT2D eigenvalue weighted by atomic mass is 35.5. The Morgan fingerprint density at radius 2 is 1.93 bits per heavy atom. The average Bonchev–Trinajstić information content (AvgIpc) is 2.14. The Hall–Kier alpha value is -0.310. The first kappa shape index (κ1) is 11.8. The number of nitrogens with two attached hydrogens (primary N) is 1. The van der Waals surface area contributed by atoms with Gasteiger partial charge in [-0.2, -0.15) is 0 Å². The van der Waals surface area contributed by atoms with Crippen LogP contribution in [-0.2, 0) is 0 Å². The van der Waals surface area contributed by atoms with Gasteiger partial charge in [-0.25, -0.2) is 0 Å². The lowest BCUT2D eigenvalue weighted by molar-refractivity contribution is 0.603. The number of hydrogen-bond acceptors (Lipinski definition) is 2. The first-order valence-corrected chi connectivity index (χ1v) is 5.47. The van der Waals surface area contributed by atoms with Gasteiger partial charge < -0.3 is 5.73 Å². The monoisotopic (exact) mass is 232 g/mol. The zero-order chi connectivity index (χ0) is 10.6. The minimum atomic E-state index is -0.0852. The smallest absolute Gasteiger partial charge is 0.0651 e. The molecule has 0 saturated carbocycles. The molecule has 0 aromatic carbocycles. The van der Waals surface area contributed by atoms with Crippen LogP contribution in [0.15, 0.2) is 12.4 Å². The molecule has 1 rings (SSSR count). The Morgan fingerprint density at radius 3 is 2.43 bits per heavy atom. The van der Waals surface area contributed by atoms with Crippen molar-refractivity contribution < 1.29 is 0 Å². The van der Waals surface area contributed by atoms with E-state index in [1.54, 1.807) is 12.4 Å². The Labute approximate surface area is 94.4 Å². The summed E-state index contributed by atoms with van der Waals surface area (Å²) in [6, 6.07) is -0.0852. The third kappa shape index (κ3) is 2.84. The van der Waals surface area contributed by atoms with Gasteiger partial charge in [0.25, 0.3) is 0 Å². The lowest BCUT2D eigenvalue weighted by atomic mass is 10.0. The summed E-state index contributed by atoms with van der Waals surface area (Å²) < 4.78 is 0. The van der Waals surface area contributed by atoms with Crippen LogP contribution in [0, 0.1) is 0 Å². The molecule has 4 heteroatoms. The van der Waals surface area contributed by atoms with E-state index >= 15 is 0 Å². The Morgan fingerprint density at radius 1 is 1.36 bits per heavy atom. The number of aromatic nitrogens is 1. The van der Waals surface area contributed by atoms with Crippen LogP contribution in [0.3, 0.4) is 0 Å². The Kier molecular flexibility index (Phi) is 4.66. The molecule has 0 aliphatic heterocycles. The van der Waals surface area contributed by atoms with Crippen molar-refractivity contribution in [2.24, 2.45) is 5.73 Å². The molecule has 0 aliphatic carbocycles. The van der Waals surface area contributed by atoms with E-state index in [9.17, 15) is 0 Å². The van der Waals surface area contributed by atoms with Crippen molar-refractivity contribution in [1.82, 2.24) is 4.98 Å². The Bertz CT molecular complexity index is 282. The van der Waals surface area contributed by atoms with Crippen LogP contribution in [0.4, 0.5) is 0 Å². The maximum absolute atomic E-state index is 5.99. The van der Waals surface area contributed by atoms with Crippen molar-refractivity contribution in [1.29, 1.82) is 0 Å². The number of nitrogens with zero attached hydrogens (tertiary/aromatic N) is 1. The molecule has 2 nitrogen and oxygen atoms in total. The molecule has 1 aromatic rings. The third-order valence-electron chi connectivity index (χ3n) is 2.13. The minimum absolute atomic E-state index is 0.0852. The van der Waals surface area contributed by atoms with Crippen LogP contribution in [0.2, 0.25) is 10.0 Å². The predicted molar refractivity (Wildman–Crippen MR) is 60.7 cm³/mol. The molecule has 78 valence electrons. The van der Waals surface area contributed by atoms with Gasteiger partial charge in [0.2, 0.25) is 0 Å². The fourth-order valence-electron chi connectivity index (χ4n) is 1.34. The summed E-state index contributed by atoms with van der Waals surface area (Å²) in [5.41, 5.74) is 6.80. The van der Waals surface area contributed by atoms with Gasteiger partial charge in [0.05, 0.1) is 10.0 Å². The first-order chi connectivity index (χ1) is 6.66. The summed E-state index contributed by atoms with van der Waals surface area (Å²) in [5, 5.41) is 1.11. The summed E-state index contributed by atoms with van der Waals surface area (Å²) >= 11 is 12.0. The summed E-state index contributed by atoms with van der Waals surface area (Å²) in [6.07, 6.45) is 6.26. The van der Waals surface area contributed by atoms with Gasteiger partial charge in [0.1, 0.15) is 0 Å². The maximum Gasteiger partial charge on any atom is 0.0651 e. The number of halogens is 2. The van der Waals surface area contributed by atoms with E-state index in [1.807, 2.05) is 0 Å². The van der Waals surface area contributed by atoms with E-state index in [4.69, 9.17) is 28.9 Å². The summed E-state index contributed by atoms with van der Waals surface area (Å²) in [4.78, 5) is 3.89. The Balaban J connectivity index is 2.82. The number of unbranched alkanes of at least 4 members (excludes halogenated alkanes) is 1. The molecule has 1 heterocycles. The fraction of sp³-hybridized carbons (Fsp3) is 0.500. The van der Waals surface area contributed by atoms with Crippen molar-refractivity contribution in [3.05, 3.63) is 28.0 Å². The minimum Gasteiger partial charge on any atom is -0.324 e. The maximum atomic E-state index is 5.99. The number of pyridine rings is 1. The first-order valence-electron chi connectivity index (χ1n) is 4.71. The van der Waals surface area contributed by atoms with Gasteiger partial charge in [-0.1, -0.05) is 43.0 Å². The van der Waals surface area contributed by atoms with Crippen molar-refractivity contribution in [3.8, 4) is 0 Å². The zero-order valence-corrected chi connectivity index (χ0v) is 9.65. The molecule has 0 radical (unpaired) electrons. The van der Waals surface area contributed by atoms with Gasteiger partial charge in [0.15, 0.2) is 0 Å². The fourth-order valence-corrected chi connectivity index (χ4v) is 1.99. The quantitative estimate of drug-likeness (QED) is 0.863. The van der Waals surface area contributed by atoms with Gasteiger partial charge in [-0.3, -0.25) is 4.98 Å². The van der Waals surface area contributed by atoms with E-state index < -0.39 is 0 Å². The second-order valence-electron chi connectivity index (χ2n) is 3.27. The molecule has 0 bridgehead atoms. The summed E-state index contributed by atoms with van der Waals surface area (Å²) in [6.45, 7) is 2.13.